The molecule has 1 amide bonds. The number of nitrogens with zero attached hydrogens (tertiary/aromatic N) is 2. The first-order valence-electron chi connectivity index (χ1n) is 7.29. The van der Waals surface area contributed by atoms with E-state index in [4.69, 9.17) is 4.74 Å². The number of para-hydroxylation sites is 1. The van der Waals surface area contributed by atoms with Crippen LogP contribution in [0.5, 0.6) is 5.75 Å². The zero-order valence-corrected chi connectivity index (χ0v) is 12.7. The maximum absolute atomic E-state index is 12.2. The summed E-state index contributed by atoms with van der Waals surface area (Å²) >= 11 is 0. The van der Waals surface area contributed by atoms with E-state index in [0.29, 0.717) is 5.75 Å². The summed E-state index contributed by atoms with van der Waals surface area (Å²) in [4.78, 5) is 16.6. The molecule has 0 saturated heterocycles. The van der Waals surface area contributed by atoms with Crippen molar-refractivity contribution in [2.24, 2.45) is 7.05 Å². The molecule has 0 fully saturated rings. The van der Waals surface area contributed by atoms with Gasteiger partial charge in [0.25, 0.3) is 0 Å². The molecule has 1 aromatic heterocycles. The molecule has 0 spiro atoms. The quantitative estimate of drug-likeness (QED) is 0.804. The van der Waals surface area contributed by atoms with Crippen LogP contribution >= 0.6 is 0 Å². The fourth-order valence-corrected chi connectivity index (χ4v) is 2.34. The van der Waals surface area contributed by atoms with Gasteiger partial charge in [0.15, 0.2) is 0 Å². The van der Waals surface area contributed by atoms with Crippen molar-refractivity contribution < 1.29 is 9.53 Å². The Hall–Kier alpha value is -3.08. The van der Waals surface area contributed by atoms with Crippen LogP contribution < -0.4 is 10.1 Å². The van der Waals surface area contributed by atoms with Crippen molar-refractivity contribution in [3.8, 4) is 5.75 Å². The van der Waals surface area contributed by atoms with Gasteiger partial charge in [0.2, 0.25) is 0 Å². The number of rotatable bonds is 4. The molecular formula is C18H17N3O2. The lowest BCUT2D eigenvalue weighted by Gasteiger charge is -2.18. The van der Waals surface area contributed by atoms with E-state index in [1.807, 2.05) is 66.3 Å². The van der Waals surface area contributed by atoms with Crippen molar-refractivity contribution in [1.82, 2.24) is 14.9 Å². The lowest BCUT2D eigenvalue weighted by molar-refractivity contribution is 0.197. The highest BCUT2D eigenvalue weighted by molar-refractivity contribution is 5.71. The van der Waals surface area contributed by atoms with Crippen LogP contribution in [0, 0.1) is 0 Å². The van der Waals surface area contributed by atoms with E-state index in [9.17, 15) is 4.79 Å². The predicted octanol–water partition coefficient (Wildman–Crippen LogP) is 3.30. The zero-order valence-electron chi connectivity index (χ0n) is 12.7. The molecule has 0 bridgehead atoms. The van der Waals surface area contributed by atoms with Crippen LogP contribution in [0.2, 0.25) is 0 Å². The molecule has 3 rings (SSSR count). The molecule has 1 N–H and O–H groups in total. The summed E-state index contributed by atoms with van der Waals surface area (Å²) < 4.78 is 7.19. The Morgan fingerprint density at radius 1 is 1.09 bits per heavy atom. The molecule has 0 aliphatic carbocycles. The number of benzene rings is 2. The third-order valence-electron chi connectivity index (χ3n) is 3.47. The number of carbonyl (C=O) groups is 1. The van der Waals surface area contributed by atoms with Crippen molar-refractivity contribution in [3.05, 3.63) is 84.4 Å². The smallest absolute Gasteiger partial charge is 0.410 e. The van der Waals surface area contributed by atoms with Gasteiger partial charge in [-0.3, -0.25) is 0 Å². The molecule has 5 heteroatoms. The number of amides is 1. The minimum Gasteiger partial charge on any atom is -0.410 e. The van der Waals surface area contributed by atoms with Crippen LogP contribution in [0.25, 0.3) is 0 Å². The van der Waals surface area contributed by atoms with Crippen LogP contribution in [0.15, 0.2) is 73.1 Å². The van der Waals surface area contributed by atoms with E-state index in [1.165, 1.54) is 0 Å². The average Bonchev–Trinajstić information content (AvgIpc) is 3.00. The highest BCUT2D eigenvalue weighted by Gasteiger charge is 2.21. The second-order valence-corrected chi connectivity index (χ2v) is 5.09. The van der Waals surface area contributed by atoms with Crippen LogP contribution in [0.1, 0.15) is 17.4 Å². The predicted molar refractivity (Wildman–Crippen MR) is 87.1 cm³/mol. The molecular weight excluding hydrogens is 290 g/mol. The summed E-state index contributed by atoms with van der Waals surface area (Å²) in [5, 5.41) is 2.88. The molecule has 23 heavy (non-hydrogen) atoms. The molecule has 116 valence electrons. The van der Waals surface area contributed by atoms with Gasteiger partial charge < -0.3 is 14.6 Å². The monoisotopic (exact) mass is 307 g/mol. The van der Waals surface area contributed by atoms with E-state index >= 15 is 0 Å². The molecule has 2 aromatic carbocycles. The molecule has 0 aliphatic rings. The fraction of sp³-hybridized carbons (Fsp3) is 0.111. The molecule has 0 saturated carbocycles. The van der Waals surface area contributed by atoms with Gasteiger partial charge in [-0.1, -0.05) is 48.5 Å². The second-order valence-electron chi connectivity index (χ2n) is 5.09. The van der Waals surface area contributed by atoms with Gasteiger partial charge in [0, 0.05) is 19.4 Å². The number of aromatic nitrogens is 2. The number of carbonyl (C=O) groups excluding carboxylic acids is 1. The van der Waals surface area contributed by atoms with Crippen molar-refractivity contribution >= 4 is 6.09 Å². The van der Waals surface area contributed by atoms with Crippen LogP contribution in [-0.2, 0) is 7.05 Å². The number of imidazole rings is 1. The number of hydrogen-bond acceptors (Lipinski definition) is 3. The minimum atomic E-state index is -0.520. The van der Waals surface area contributed by atoms with Gasteiger partial charge >= 0.3 is 6.09 Å². The van der Waals surface area contributed by atoms with E-state index < -0.39 is 6.09 Å². The third-order valence-corrected chi connectivity index (χ3v) is 3.47. The topological polar surface area (TPSA) is 56.2 Å². The van der Waals surface area contributed by atoms with Gasteiger partial charge in [-0.25, -0.2) is 9.78 Å². The molecule has 3 aromatic rings. The van der Waals surface area contributed by atoms with Crippen molar-refractivity contribution in [3.63, 3.8) is 0 Å². The van der Waals surface area contributed by atoms with Gasteiger partial charge in [0.1, 0.15) is 17.6 Å². The van der Waals surface area contributed by atoms with Crippen LogP contribution in [0.3, 0.4) is 0 Å². The first kappa shape index (κ1) is 14.8. The van der Waals surface area contributed by atoms with E-state index in [2.05, 4.69) is 10.3 Å². The van der Waals surface area contributed by atoms with E-state index in [1.54, 1.807) is 18.3 Å². The first-order valence-corrected chi connectivity index (χ1v) is 7.29. The summed E-state index contributed by atoms with van der Waals surface area (Å²) in [6, 6.07) is 18.3. The highest BCUT2D eigenvalue weighted by atomic mass is 16.6. The van der Waals surface area contributed by atoms with Gasteiger partial charge in [0.05, 0.1) is 0 Å². The Balaban J connectivity index is 1.82. The summed E-state index contributed by atoms with van der Waals surface area (Å²) in [5.41, 5.74) is 0.937. The highest BCUT2D eigenvalue weighted by Crippen LogP contribution is 2.20. The van der Waals surface area contributed by atoms with Crippen molar-refractivity contribution in [2.75, 3.05) is 0 Å². The van der Waals surface area contributed by atoms with Crippen molar-refractivity contribution in [1.29, 1.82) is 0 Å². The number of aryl methyl sites for hydroxylation is 1. The summed E-state index contributed by atoms with van der Waals surface area (Å²) in [5.74, 6) is 1.23. The molecule has 1 unspecified atom stereocenters. The maximum atomic E-state index is 12.2. The van der Waals surface area contributed by atoms with Crippen LogP contribution in [0.4, 0.5) is 4.79 Å². The second kappa shape index (κ2) is 6.79. The lowest BCUT2D eigenvalue weighted by atomic mass is 10.1. The molecule has 0 radical (unpaired) electrons. The zero-order chi connectivity index (χ0) is 16.1. The number of nitrogens with one attached hydrogen (secondary N) is 1. The Kier molecular flexibility index (Phi) is 4.38. The molecule has 1 heterocycles. The van der Waals surface area contributed by atoms with E-state index in [0.717, 1.165) is 11.4 Å². The standard InChI is InChI=1S/C18H17N3O2/c1-21-13-12-19-17(21)16(14-8-4-2-5-9-14)20-18(22)23-15-10-6-3-7-11-15/h2-13,16H,1H3,(H,20,22). The number of hydrogen-bond donors (Lipinski definition) is 1. The van der Waals surface area contributed by atoms with Gasteiger partial charge in [-0.15, -0.1) is 0 Å². The average molecular weight is 307 g/mol. The summed E-state index contributed by atoms with van der Waals surface area (Å²) in [6.07, 6.45) is 3.03. The van der Waals surface area contributed by atoms with Crippen LogP contribution in [-0.4, -0.2) is 15.6 Å². The van der Waals surface area contributed by atoms with Gasteiger partial charge in [-0.2, -0.15) is 0 Å². The largest absolute Gasteiger partial charge is 0.413 e. The Bertz CT molecular complexity index is 769. The van der Waals surface area contributed by atoms with E-state index in [-0.39, 0.29) is 6.04 Å². The SMILES string of the molecule is Cn1ccnc1C(NC(=O)Oc1ccccc1)c1ccccc1. The Morgan fingerprint density at radius 3 is 2.35 bits per heavy atom. The Labute approximate surface area is 134 Å². The first-order chi connectivity index (χ1) is 11.2. The minimum absolute atomic E-state index is 0.382. The lowest BCUT2D eigenvalue weighted by Crippen LogP contribution is -2.33. The molecule has 0 aliphatic heterocycles. The number of ether oxygens (including phenoxy) is 1. The fourth-order valence-electron chi connectivity index (χ4n) is 2.34. The third kappa shape index (κ3) is 3.58. The molecule has 1 atom stereocenters. The molecule has 5 nitrogen and oxygen atoms in total. The maximum Gasteiger partial charge on any atom is 0.413 e. The van der Waals surface area contributed by atoms with Crippen molar-refractivity contribution in [2.45, 2.75) is 6.04 Å². The van der Waals surface area contributed by atoms with Gasteiger partial charge in [-0.05, 0) is 17.7 Å². The summed E-state index contributed by atoms with van der Waals surface area (Å²) in [6.45, 7) is 0. The normalized spacial score (nSPS) is 11.7. The Morgan fingerprint density at radius 2 is 1.74 bits per heavy atom. The summed E-state index contributed by atoms with van der Waals surface area (Å²) in [7, 11) is 1.89.